The molecule has 0 unspecified atom stereocenters. The summed E-state index contributed by atoms with van der Waals surface area (Å²) in [4.78, 5) is 28.5. The molecule has 146 valence electrons. The van der Waals surface area contributed by atoms with Gasteiger partial charge in [0.1, 0.15) is 12.4 Å². The van der Waals surface area contributed by atoms with Crippen LogP contribution in [0.1, 0.15) is 10.4 Å². The lowest BCUT2D eigenvalue weighted by Gasteiger charge is -2.05. The van der Waals surface area contributed by atoms with E-state index in [1.54, 1.807) is 0 Å². The Morgan fingerprint density at radius 2 is 1.93 bits per heavy atom. The van der Waals surface area contributed by atoms with E-state index < -0.39 is 27.5 Å². The van der Waals surface area contributed by atoms with E-state index in [0.29, 0.717) is 10.2 Å². The molecule has 1 aromatic heterocycles. The van der Waals surface area contributed by atoms with Crippen LogP contribution < -0.4 is 4.80 Å². The molecule has 7 nitrogen and oxygen atoms in total. The molecule has 0 spiro atoms. The number of rotatable bonds is 4. The van der Waals surface area contributed by atoms with Gasteiger partial charge in [-0.05, 0) is 30.3 Å². The number of hydrogen-bond donors (Lipinski definition) is 0. The normalized spacial score (nSPS) is 12.3. The van der Waals surface area contributed by atoms with Gasteiger partial charge in [-0.2, -0.15) is 4.99 Å². The number of nitrogens with zero attached hydrogens (tertiary/aromatic N) is 2. The van der Waals surface area contributed by atoms with Crippen LogP contribution in [0.4, 0.5) is 4.39 Å². The van der Waals surface area contributed by atoms with Crippen LogP contribution in [0.3, 0.4) is 0 Å². The molecular weight excluding hydrogens is 407 g/mol. The van der Waals surface area contributed by atoms with E-state index in [9.17, 15) is 22.4 Å². The standard InChI is InChI=1S/C18H15FN2O5S2/c1-26-16(22)10-21-13-8-7-11(19)9-14(13)27-18(21)20-17(23)12-5-3-4-6-15(12)28(2,24)25/h3-9H,10H2,1-2H3. The molecule has 1 heterocycles. The molecule has 0 bridgehead atoms. The summed E-state index contributed by atoms with van der Waals surface area (Å²) >= 11 is 1.01. The average Bonchev–Trinajstić information content (AvgIpc) is 2.96. The number of carbonyl (C=O) groups is 2. The largest absolute Gasteiger partial charge is 0.468 e. The molecule has 0 atom stereocenters. The fourth-order valence-electron chi connectivity index (χ4n) is 2.59. The summed E-state index contributed by atoms with van der Waals surface area (Å²) in [6.45, 7) is -0.234. The Morgan fingerprint density at radius 1 is 1.21 bits per heavy atom. The molecule has 0 fully saturated rings. The summed E-state index contributed by atoms with van der Waals surface area (Å²) in [5.74, 6) is -1.83. The molecule has 28 heavy (non-hydrogen) atoms. The maximum atomic E-state index is 13.6. The van der Waals surface area contributed by atoms with E-state index in [-0.39, 0.29) is 21.8 Å². The molecule has 2 aromatic carbocycles. The topological polar surface area (TPSA) is 94.8 Å². The lowest BCUT2D eigenvalue weighted by atomic mass is 10.2. The maximum absolute atomic E-state index is 13.6. The lowest BCUT2D eigenvalue weighted by molar-refractivity contribution is -0.141. The Hall–Kier alpha value is -2.85. The Kier molecular flexibility index (Phi) is 5.43. The highest BCUT2D eigenvalue weighted by atomic mass is 32.2. The summed E-state index contributed by atoms with van der Waals surface area (Å²) < 4.78 is 44.0. The van der Waals surface area contributed by atoms with Gasteiger partial charge >= 0.3 is 5.97 Å². The Bertz CT molecular complexity index is 1260. The third-order valence-electron chi connectivity index (χ3n) is 3.87. The van der Waals surface area contributed by atoms with Gasteiger partial charge in [0.05, 0.1) is 27.8 Å². The maximum Gasteiger partial charge on any atom is 0.325 e. The van der Waals surface area contributed by atoms with Crippen molar-refractivity contribution in [2.75, 3.05) is 13.4 Å². The highest BCUT2D eigenvalue weighted by Crippen LogP contribution is 2.20. The quantitative estimate of drug-likeness (QED) is 0.601. The number of thiazole rings is 1. The van der Waals surface area contributed by atoms with Crippen LogP contribution in [0.25, 0.3) is 10.2 Å². The Morgan fingerprint density at radius 3 is 2.61 bits per heavy atom. The number of ether oxygens (including phenoxy) is 1. The third kappa shape index (κ3) is 4.02. The first kappa shape index (κ1) is 19.9. The minimum atomic E-state index is -3.64. The number of halogens is 1. The number of carbonyl (C=O) groups excluding carboxylic acids is 2. The number of sulfone groups is 1. The summed E-state index contributed by atoms with van der Waals surface area (Å²) in [5, 5.41) is 0. The molecular formula is C18H15FN2O5S2. The van der Waals surface area contributed by atoms with Gasteiger partial charge in [0.15, 0.2) is 14.6 Å². The van der Waals surface area contributed by atoms with Crippen molar-refractivity contribution >= 4 is 43.3 Å². The van der Waals surface area contributed by atoms with Crippen LogP contribution in [0.15, 0.2) is 52.4 Å². The highest BCUT2D eigenvalue weighted by Gasteiger charge is 2.19. The molecule has 0 aliphatic carbocycles. The van der Waals surface area contributed by atoms with Crippen molar-refractivity contribution in [1.29, 1.82) is 0 Å². The van der Waals surface area contributed by atoms with Gasteiger partial charge in [0.25, 0.3) is 5.91 Å². The van der Waals surface area contributed by atoms with Crippen molar-refractivity contribution in [2.45, 2.75) is 11.4 Å². The van der Waals surface area contributed by atoms with Gasteiger partial charge in [-0.3, -0.25) is 9.59 Å². The molecule has 0 radical (unpaired) electrons. The van der Waals surface area contributed by atoms with Gasteiger partial charge in [0, 0.05) is 6.26 Å². The number of aromatic nitrogens is 1. The molecule has 10 heteroatoms. The van der Waals surface area contributed by atoms with E-state index >= 15 is 0 Å². The first-order valence-electron chi connectivity index (χ1n) is 7.94. The van der Waals surface area contributed by atoms with E-state index in [2.05, 4.69) is 9.73 Å². The van der Waals surface area contributed by atoms with Crippen molar-refractivity contribution in [1.82, 2.24) is 4.57 Å². The third-order valence-corrected chi connectivity index (χ3v) is 6.07. The first-order chi connectivity index (χ1) is 13.2. The van der Waals surface area contributed by atoms with Crippen LogP contribution in [-0.4, -0.2) is 38.2 Å². The zero-order valence-electron chi connectivity index (χ0n) is 14.9. The summed E-state index contributed by atoms with van der Waals surface area (Å²) in [6, 6.07) is 9.68. The summed E-state index contributed by atoms with van der Waals surface area (Å²) in [7, 11) is -2.42. The Balaban J connectivity index is 2.21. The molecule has 1 amide bonds. The van der Waals surface area contributed by atoms with Crippen LogP contribution >= 0.6 is 11.3 Å². The summed E-state index contributed by atoms with van der Waals surface area (Å²) in [5.41, 5.74) is 0.415. The number of esters is 1. The van der Waals surface area contributed by atoms with Crippen LogP contribution in [-0.2, 0) is 25.9 Å². The van der Waals surface area contributed by atoms with Crippen molar-refractivity contribution in [3.8, 4) is 0 Å². The number of fused-ring (bicyclic) bond motifs is 1. The number of hydrogen-bond acceptors (Lipinski definition) is 6. The molecule has 0 saturated carbocycles. The predicted molar refractivity (Wildman–Crippen MR) is 101 cm³/mol. The number of benzene rings is 2. The van der Waals surface area contributed by atoms with Gasteiger partial charge in [0.2, 0.25) is 0 Å². The zero-order chi connectivity index (χ0) is 20.5. The molecule has 3 aromatic rings. The van der Waals surface area contributed by atoms with Crippen LogP contribution in [0.5, 0.6) is 0 Å². The second-order valence-electron chi connectivity index (χ2n) is 5.84. The molecule has 0 aliphatic heterocycles. The minimum Gasteiger partial charge on any atom is -0.468 e. The smallest absolute Gasteiger partial charge is 0.325 e. The molecule has 3 rings (SSSR count). The van der Waals surface area contributed by atoms with Crippen molar-refractivity contribution in [3.63, 3.8) is 0 Å². The van der Waals surface area contributed by atoms with Gasteiger partial charge in [-0.25, -0.2) is 12.8 Å². The van der Waals surface area contributed by atoms with Gasteiger partial charge in [-0.15, -0.1) is 0 Å². The first-order valence-corrected chi connectivity index (χ1v) is 10.7. The highest BCUT2D eigenvalue weighted by molar-refractivity contribution is 7.90. The molecule has 0 N–H and O–H groups in total. The van der Waals surface area contributed by atoms with Crippen molar-refractivity contribution in [3.05, 3.63) is 58.6 Å². The van der Waals surface area contributed by atoms with E-state index in [4.69, 9.17) is 0 Å². The second kappa shape index (κ2) is 7.64. The SMILES string of the molecule is COC(=O)Cn1c(=NC(=O)c2ccccc2S(C)(=O)=O)sc2cc(F)ccc21. The fourth-order valence-corrected chi connectivity index (χ4v) is 4.53. The number of amides is 1. The van der Waals surface area contributed by atoms with E-state index in [1.807, 2.05) is 0 Å². The predicted octanol–water partition coefficient (Wildman–Crippen LogP) is 2.16. The van der Waals surface area contributed by atoms with Gasteiger partial charge in [-0.1, -0.05) is 23.5 Å². The fraction of sp³-hybridized carbons (Fsp3) is 0.167. The van der Waals surface area contributed by atoms with E-state index in [0.717, 1.165) is 17.6 Å². The summed E-state index contributed by atoms with van der Waals surface area (Å²) in [6.07, 6.45) is 0.999. The zero-order valence-corrected chi connectivity index (χ0v) is 16.5. The lowest BCUT2D eigenvalue weighted by Crippen LogP contribution is -2.22. The Labute approximate surface area is 163 Å². The number of methoxy groups -OCH3 is 1. The van der Waals surface area contributed by atoms with Gasteiger partial charge < -0.3 is 9.30 Å². The monoisotopic (exact) mass is 422 g/mol. The minimum absolute atomic E-state index is 0.0849. The second-order valence-corrected chi connectivity index (χ2v) is 8.84. The van der Waals surface area contributed by atoms with Crippen LogP contribution in [0.2, 0.25) is 0 Å². The average molecular weight is 422 g/mol. The molecule has 0 aliphatic rings. The van der Waals surface area contributed by atoms with Crippen LogP contribution in [0, 0.1) is 5.82 Å². The van der Waals surface area contributed by atoms with E-state index in [1.165, 1.54) is 54.1 Å². The molecule has 0 saturated heterocycles. The van der Waals surface area contributed by atoms with Crippen molar-refractivity contribution in [2.24, 2.45) is 4.99 Å². The van der Waals surface area contributed by atoms with Crippen molar-refractivity contribution < 1.29 is 27.1 Å².